The number of aromatic amines is 1. The zero-order valence-corrected chi connectivity index (χ0v) is 14.3. The molecule has 1 atom stereocenters. The molecule has 0 radical (unpaired) electrons. The molecule has 0 aliphatic carbocycles. The van der Waals surface area contributed by atoms with Crippen molar-refractivity contribution in [3.05, 3.63) is 34.0 Å². The van der Waals surface area contributed by atoms with Crippen LogP contribution in [0.1, 0.15) is 39.3 Å². The van der Waals surface area contributed by atoms with Crippen molar-refractivity contribution in [3.63, 3.8) is 0 Å². The highest BCUT2D eigenvalue weighted by Crippen LogP contribution is 2.33. The number of nitrogens with one attached hydrogen (secondary N) is 1. The van der Waals surface area contributed by atoms with Crippen molar-refractivity contribution < 1.29 is 9.53 Å². The number of carbonyl (C=O) groups is 1. The largest absolute Gasteiger partial charge is 0.373 e. The quantitative estimate of drug-likeness (QED) is 0.911. The predicted molar refractivity (Wildman–Crippen MR) is 89.8 cm³/mol. The van der Waals surface area contributed by atoms with Crippen molar-refractivity contribution in [2.75, 3.05) is 32.8 Å². The molecule has 2 saturated heterocycles. The summed E-state index contributed by atoms with van der Waals surface area (Å²) >= 11 is 1.86. The third kappa shape index (κ3) is 3.35. The first-order valence-corrected chi connectivity index (χ1v) is 9.18. The van der Waals surface area contributed by atoms with E-state index in [0.717, 1.165) is 45.8 Å². The average Bonchev–Trinajstić information content (AvgIpc) is 3.36. The van der Waals surface area contributed by atoms with Gasteiger partial charge in [0.1, 0.15) is 6.33 Å². The third-order valence-corrected chi connectivity index (χ3v) is 5.75. The minimum Gasteiger partial charge on any atom is -0.373 e. The number of H-pyrrole nitrogens is 1. The number of rotatable bonds is 4. The molecule has 7 nitrogen and oxygen atoms in total. The lowest BCUT2D eigenvalue weighted by atomic mass is 10.2. The fourth-order valence-electron chi connectivity index (χ4n) is 3.24. The van der Waals surface area contributed by atoms with Crippen LogP contribution in [0, 0.1) is 0 Å². The maximum absolute atomic E-state index is 12.2. The Morgan fingerprint density at radius 1 is 1.33 bits per heavy atom. The molecule has 1 unspecified atom stereocenters. The molecule has 128 valence electrons. The van der Waals surface area contributed by atoms with Gasteiger partial charge < -0.3 is 9.64 Å². The topological polar surface area (TPSA) is 74.4 Å². The molecule has 24 heavy (non-hydrogen) atoms. The second-order valence-electron chi connectivity index (χ2n) is 6.21. The smallest absolute Gasteiger partial charge is 0.291 e. The molecular weight excluding hydrogens is 326 g/mol. The minimum absolute atomic E-state index is 0.0658. The van der Waals surface area contributed by atoms with E-state index in [2.05, 4.69) is 32.2 Å². The lowest BCUT2D eigenvalue weighted by Gasteiger charge is -2.33. The molecule has 0 aromatic carbocycles. The molecule has 0 bridgehead atoms. The van der Waals surface area contributed by atoms with Crippen LogP contribution in [-0.2, 0) is 11.3 Å². The van der Waals surface area contributed by atoms with E-state index in [1.165, 1.54) is 22.5 Å². The third-order valence-electron chi connectivity index (χ3n) is 4.59. The lowest BCUT2D eigenvalue weighted by Crippen LogP contribution is -2.48. The second-order valence-corrected chi connectivity index (χ2v) is 7.41. The lowest BCUT2D eigenvalue weighted by molar-refractivity contribution is 0.0618. The number of amides is 1. The summed E-state index contributed by atoms with van der Waals surface area (Å²) in [5, 5.41) is 6.38. The summed E-state index contributed by atoms with van der Waals surface area (Å²) in [6, 6.07) is 4.42. The average molecular weight is 347 g/mol. The van der Waals surface area contributed by atoms with Gasteiger partial charge in [0.2, 0.25) is 5.82 Å². The maximum Gasteiger partial charge on any atom is 0.291 e. The summed E-state index contributed by atoms with van der Waals surface area (Å²) in [6.45, 7) is 5.05. The van der Waals surface area contributed by atoms with E-state index in [1.807, 2.05) is 16.2 Å². The minimum atomic E-state index is -0.0658. The Morgan fingerprint density at radius 3 is 2.92 bits per heavy atom. The highest BCUT2D eigenvalue weighted by Gasteiger charge is 2.24. The molecule has 2 aromatic heterocycles. The van der Waals surface area contributed by atoms with E-state index < -0.39 is 0 Å². The van der Waals surface area contributed by atoms with E-state index in [-0.39, 0.29) is 5.91 Å². The van der Waals surface area contributed by atoms with Crippen molar-refractivity contribution >= 4 is 17.2 Å². The molecule has 1 amide bonds. The Labute approximate surface area is 144 Å². The summed E-state index contributed by atoms with van der Waals surface area (Å²) in [4.78, 5) is 23.1. The highest BCUT2D eigenvalue weighted by atomic mass is 32.1. The van der Waals surface area contributed by atoms with Crippen LogP contribution in [0.4, 0.5) is 0 Å². The Bertz CT molecular complexity index is 672. The number of hydrogen-bond acceptors (Lipinski definition) is 6. The predicted octanol–water partition coefficient (Wildman–Crippen LogP) is 1.68. The molecule has 4 heterocycles. The van der Waals surface area contributed by atoms with Crippen LogP contribution in [0.15, 0.2) is 18.5 Å². The molecule has 2 aliphatic rings. The fourth-order valence-corrected chi connectivity index (χ4v) is 4.38. The van der Waals surface area contributed by atoms with Crippen molar-refractivity contribution in [1.29, 1.82) is 0 Å². The summed E-state index contributed by atoms with van der Waals surface area (Å²) in [5.41, 5.74) is 0. The van der Waals surface area contributed by atoms with Gasteiger partial charge in [-0.05, 0) is 25.0 Å². The monoisotopic (exact) mass is 347 g/mol. The number of thiophene rings is 1. The molecular formula is C16H21N5O2S. The molecule has 0 spiro atoms. The van der Waals surface area contributed by atoms with Gasteiger partial charge in [-0.1, -0.05) is 0 Å². The fraction of sp³-hybridized carbons (Fsp3) is 0.562. The Kier molecular flexibility index (Phi) is 4.59. The molecule has 4 rings (SSSR count). The van der Waals surface area contributed by atoms with Crippen LogP contribution in [-0.4, -0.2) is 63.7 Å². The van der Waals surface area contributed by atoms with E-state index in [0.29, 0.717) is 11.9 Å². The molecule has 8 heteroatoms. The molecule has 2 aromatic rings. The number of nitrogens with zero attached hydrogens (tertiary/aromatic N) is 4. The van der Waals surface area contributed by atoms with Crippen molar-refractivity contribution in [3.8, 4) is 0 Å². The first-order chi connectivity index (χ1) is 11.8. The Hall–Kier alpha value is -1.77. The Morgan fingerprint density at radius 2 is 2.21 bits per heavy atom. The van der Waals surface area contributed by atoms with E-state index in [1.54, 1.807) is 0 Å². The van der Waals surface area contributed by atoms with E-state index in [9.17, 15) is 4.79 Å². The number of carbonyl (C=O) groups excluding carboxylic acids is 1. The van der Waals surface area contributed by atoms with Crippen LogP contribution in [0.25, 0.3) is 0 Å². The first-order valence-electron chi connectivity index (χ1n) is 8.37. The molecule has 2 fully saturated rings. The van der Waals surface area contributed by atoms with Crippen LogP contribution >= 0.6 is 11.3 Å². The van der Waals surface area contributed by atoms with Crippen molar-refractivity contribution in [1.82, 2.24) is 25.0 Å². The van der Waals surface area contributed by atoms with Gasteiger partial charge in [0.05, 0.1) is 6.10 Å². The summed E-state index contributed by atoms with van der Waals surface area (Å²) < 4.78 is 5.76. The van der Waals surface area contributed by atoms with Gasteiger partial charge >= 0.3 is 0 Å². The van der Waals surface area contributed by atoms with Gasteiger partial charge in [-0.2, -0.15) is 5.10 Å². The van der Waals surface area contributed by atoms with Gasteiger partial charge in [-0.15, -0.1) is 11.3 Å². The number of aromatic nitrogens is 3. The van der Waals surface area contributed by atoms with Crippen LogP contribution in [0.2, 0.25) is 0 Å². The number of ether oxygens (including phenoxy) is 1. The Balaban J connectivity index is 1.29. The van der Waals surface area contributed by atoms with Crippen LogP contribution < -0.4 is 0 Å². The SMILES string of the molecule is O=C(c1ncn[nH]1)N1CCN(Cc2ccc(C3CCCO3)s2)CC1. The number of hydrogen-bond donors (Lipinski definition) is 1. The zero-order chi connectivity index (χ0) is 16.4. The standard InChI is InChI=1S/C16H21N5O2S/c22-16(15-17-11-18-19-15)21-7-5-20(6-8-21)10-12-3-4-14(24-12)13-2-1-9-23-13/h3-4,11,13H,1-2,5-10H2,(H,17,18,19). The summed E-state index contributed by atoms with van der Waals surface area (Å²) in [5.74, 6) is 0.256. The van der Waals surface area contributed by atoms with E-state index >= 15 is 0 Å². The molecule has 1 N–H and O–H groups in total. The molecule has 0 saturated carbocycles. The van der Waals surface area contributed by atoms with Gasteiger partial charge in [-0.3, -0.25) is 14.8 Å². The highest BCUT2D eigenvalue weighted by molar-refractivity contribution is 7.12. The molecule has 2 aliphatic heterocycles. The maximum atomic E-state index is 12.2. The van der Waals surface area contributed by atoms with Gasteiger partial charge in [0, 0.05) is 49.1 Å². The zero-order valence-electron chi connectivity index (χ0n) is 13.5. The van der Waals surface area contributed by atoms with Crippen LogP contribution in [0.5, 0.6) is 0 Å². The van der Waals surface area contributed by atoms with Crippen molar-refractivity contribution in [2.45, 2.75) is 25.5 Å². The normalized spacial score (nSPS) is 22.2. The van der Waals surface area contributed by atoms with Crippen LogP contribution in [0.3, 0.4) is 0 Å². The van der Waals surface area contributed by atoms with Crippen molar-refractivity contribution in [2.24, 2.45) is 0 Å². The summed E-state index contributed by atoms with van der Waals surface area (Å²) in [6.07, 6.45) is 3.98. The van der Waals surface area contributed by atoms with E-state index in [4.69, 9.17) is 4.74 Å². The second kappa shape index (κ2) is 7.00. The number of piperazine rings is 1. The van der Waals surface area contributed by atoms with Gasteiger partial charge in [0.25, 0.3) is 5.91 Å². The van der Waals surface area contributed by atoms with Gasteiger partial charge in [0.15, 0.2) is 0 Å². The first kappa shape index (κ1) is 15.7. The van der Waals surface area contributed by atoms with Gasteiger partial charge in [-0.25, -0.2) is 4.98 Å². The summed E-state index contributed by atoms with van der Waals surface area (Å²) in [7, 11) is 0.